The van der Waals surface area contributed by atoms with E-state index in [1.165, 1.54) is 0 Å². The molecule has 0 saturated heterocycles. The largest absolute Gasteiger partial charge is 0.310 e. The number of nitrogens with zero attached hydrogens (tertiary/aromatic N) is 4. The first-order valence-corrected chi connectivity index (χ1v) is 9.29. The summed E-state index contributed by atoms with van der Waals surface area (Å²) in [6, 6.07) is 15.0. The number of aryl methyl sites for hydroxylation is 2. The Kier molecular flexibility index (Phi) is 4.65. The number of hydrogen-bond donors (Lipinski definition) is 1. The van der Waals surface area contributed by atoms with Gasteiger partial charge >= 0.3 is 0 Å². The van der Waals surface area contributed by atoms with Crippen LogP contribution in [-0.4, -0.2) is 25.0 Å². The van der Waals surface area contributed by atoms with Crippen LogP contribution in [-0.2, 0) is 17.9 Å². The van der Waals surface area contributed by atoms with Crippen LogP contribution in [0.5, 0.6) is 0 Å². The van der Waals surface area contributed by atoms with E-state index in [4.69, 9.17) is 0 Å². The van der Waals surface area contributed by atoms with Crippen molar-refractivity contribution < 1.29 is 4.79 Å². The molecule has 0 bridgehead atoms. The van der Waals surface area contributed by atoms with Crippen molar-refractivity contribution in [3.8, 4) is 0 Å². The van der Waals surface area contributed by atoms with Crippen molar-refractivity contribution in [2.75, 3.05) is 5.32 Å². The Hall–Kier alpha value is -3.48. The van der Waals surface area contributed by atoms with Gasteiger partial charge in [-0.3, -0.25) is 19.5 Å². The first kappa shape index (κ1) is 17.9. The third-order valence-corrected chi connectivity index (χ3v) is 4.84. The molecule has 2 aromatic heterocycles. The van der Waals surface area contributed by atoms with Gasteiger partial charge in [-0.2, -0.15) is 0 Å². The maximum atomic E-state index is 12.7. The van der Waals surface area contributed by atoms with E-state index in [-0.39, 0.29) is 24.4 Å². The van der Waals surface area contributed by atoms with Gasteiger partial charge in [-0.15, -0.1) is 0 Å². The van der Waals surface area contributed by atoms with Gasteiger partial charge in [-0.05, 0) is 38.1 Å². The van der Waals surface area contributed by atoms with Crippen LogP contribution in [0, 0.1) is 6.92 Å². The van der Waals surface area contributed by atoms with Gasteiger partial charge in [0.25, 0.3) is 5.56 Å². The smallest absolute Gasteiger partial charge is 0.261 e. The van der Waals surface area contributed by atoms with Gasteiger partial charge in [0.2, 0.25) is 11.9 Å². The Balaban J connectivity index is 1.54. The van der Waals surface area contributed by atoms with Crippen LogP contribution in [0.25, 0.3) is 21.9 Å². The minimum atomic E-state index is -0.190. The molecular weight excluding hydrogens is 354 g/mol. The van der Waals surface area contributed by atoms with E-state index in [1.807, 2.05) is 54.0 Å². The molecule has 0 atom stereocenters. The van der Waals surface area contributed by atoms with Gasteiger partial charge in [0.15, 0.2) is 0 Å². The van der Waals surface area contributed by atoms with Crippen molar-refractivity contribution in [2.45, 2.75) is 33.4 Å². The SMILES string of the molecule is CCn1c(NC(=O)CCn2c(C)nc3ccccc3c2=O)nc2ccccc21. The van der Waals surface area contributed by atoms with Gasteiger partial charge < -0.3 is 4.57 Å². The van der Waals surface area contributed by atoms with Crippen molar-refractivity contribution in [1.29, 1.82) is 0 Å². The fourth-order valence-corrected chi connectivity index (χ4v) is 3.43. The van der Waals surface area contributed by atoms with Gasteiger partial charge in [-0.1, -0.05) is 24.3 Å². The number of carbonyl (C=O) groups excluding carboxylic acids is 1. The maximum Gasteiger partial charge on any atom is 0.261 e. The lowest BCUT2D eigenvalue weighted by molar-refractivity contribution is -0.116. The molecule has 4 aromatic rings. The number of imidazole rings is 1. The molecule has 1 amide bonds. The van der Waals surface area contributed by atoms with Gasteiger partial charge in [0, 0.05) is 19.5 Å². The molecule has 142 valence electrons. The Morgan fingerprint density at radius 2 is 1.71 bits per heavy atom. The zero-order valence-electron chi connectivity index (χ0n) is 15.8. The normalized spacial score (nSPS) is 11.2. The molecule has 0 unspecified atom stereocenters. The molecule has 7 heteroatoms. The lowest BCUT2D eigenvalue weighted by Gasteiger charge is -2.11. The Morgan fingerprint density at radius 3 is 2.50 bits per heavy atom. The van der Waals surface area contributed by atoms with Crippen molar-refractivity contribution in [3.05, 3.63) is 64.7 Å². The molecule has 1 N–H and O–H groups in total. The van der Waals surface area contributed by atoms with Crippen LogP contribution in [0.15, 0.2) is 53.3 Å². The number of aromatic nitrogens is 4. The van der Waals surface area contributed by atoms with Crippen molar-refractivity contribution >= 4 is 33.8 Å². The fraction of sp³-hybridized carbons (Fsp3) is 0.238. The molecule has 0 aliphatic heterocycles. The lowest BCUT2D eigenvalue weighted by Crippen LogP contribution is -2.26. The number of para-hydroxylation sites is 3. The summed E-state index contributed by atoms with van der Waals surface area (Å²) >= 11 is 0. The second-order valence-electron chi connectivity index (χ2n) is 6.60. The second kappa shape index (κ2) is 7.26. The van der Waals surface area contributed by atoms with Crippen molar-refractivity contribution in [1.82, 2.24) is 19.1 Å². The summed E-state index contributed by atoms with van der Waals surface area (Å²) in [5.74, 6) is 0.927. The van der Waals surface area contributed by atoms with Crippen LogP contribution >= 0.6 is 0 Å². The zero-order chi connectivity index (χ0) is 19.7. The highest BCUT2D eigenvalue weighted by atomic mass is 16.2. The van der Waals surface area contributed by atoms with E-state index < -0.39 is 0 Å². The average Bonchev–Trinajstić information content (AvgIpc) is 3.04. The first-order valence-electron chi connectivity index (χ1n) is 9.29. The van der Waals surface area contributed by atoms with Crippen LogP contribution in [0.1, 0.15) is 19.2 Å². The Morgan fingerprint density at radius 1 is 1.00 bits per heavy atom. The molecule has 0 spiro atoms. The molecule has 0 radical (unpaired) electrons. The number of anilines is 1. The van der Waals surface area contributed by atoms with Gasteiger partial charge in [0.05, 0.1) is 21.9 Å². The van der Waals surface area contributed by atoms with Crippen LogP contribution in [0.2, 0.25) is 0 Å². The van der Waals surface area contributed by atoms with E-state index >= 15 is 0 Å². The summed E-state index contributed by atoms with van der Waals surface area (Å²) in [4.78, 5) is 34.2. The molecule has 4 rings (SSSR count). The minimum absolute atomic E-state index is 0.128. The molecular formula is C21H21N5O2. The highest BCUT2D eigenvalue weighted by molar-refractivity contribution is 5.91. The van der Waals surface area contributed by atoms with Crippen LogP contribution < -0.4 is 10.9 Å². The van der Waals surface area contributed by atoms with E-state index in [9.17, 15) is 9.59 Å². The maximum absolute atomic E-state index is 12.7. The van der Waals surface area contributed by atoms with E-state index in [0.29, 0.717) is 29.2 Å². The third-order valence-electron chi connectivity index (χ3n) is 4.84. The number of nitrogens with one attached hydrogen (secondary N) is 1. The molecule has 2 aromatic carbocycles. The highest BCUT2D eigenvalue weighted by Crippen LogP contribution is 2.19. The van der Waals surface area contributed by atoms with E-state index in [2.05, 4.69) is 15.3 Å². The monoisotopic (exact) mass is 375 g/mol. The van der Waals surface area contributed by atoms with Gasteiger partial charge in [0.1, 0.15) is 5.82 Å². The Labute approximate surface area is 161 Å². The molecule has 0 saturated carbocycles. The molecule has 2 heterocycles. The lowest BCUT2D eigenvalue weighted by atomic mass is 10.2. The molecule has 0 aliphatic carbocycles. The number of hydrogen-bond acceptors (Lipinski definition) is 4. The highest BCUT2D eigenvalue weighted by Gasteiger charge is 2.13. The molecule has 0 aliphatic rings. The Bertz CT molecular complexity index is 1240. The quantitative estimate of drug-likeness (QED) is 0.581. The van der Waals surface area contributed by atoms with Crippen molar-refractivity contribution in [3.63, 3.8) is 0 Å². The molecule has 7 nitrogen and oxygen atoms in total. The van der Waals surface area contributed by atoms with Crippen LogP contribution in [0.4, 0.5) is 5.95 Å². The van der Waals surface area contributed by atoms with Gasteiger partial charge in [-0.25, -0.2) is 9.97 Å². The van der Waals surface area contributed by atoms with E-state index in [1.54, 1.807) is 17.6 Å². The number of amides is 1. The third kappa shape index (κ3) is 3.15. The summed E-state index contributed by atoms with van der Waals surface area (Å²) < 4.78 is 3.51. The minimum Gasteiger partial charge on any atom is -0.310 e. The summed E-state index contributed by atoms with van der Waals surface area (Å²) in [5, 5.41) is 3.43. The summed E-state index contributed by atoms with van der Waals surface area (Å²) in [6.45, 7) is 4.75. The predicted octanol–water partition coefficient (Wildman–Crippen LogP) is 3.10. The molecule has 0 fully saturated rings. The number of carbonyl (C=O) groups is 1. The fourth-order valence-electron chi connectivity index (χ4n) is 3.43. The standard InChI is InChI=1S/C21H21N5O2/c1-3-25-18-11-7-6-10-17(18)23-21(25)24-19(27)12-13-26-14(2)22-16-9-5-4-8-15(16)20(26)28/h4-11H,3,12-13H2,1-2H3,(H,23,24,27). The predicted molar refractivity (Wildman–Crippen MR) is 109 cm³/mol. The second-order valence-corrected chi connectivity index (χ2v) is 6.60. The zero-order valence-corrected chi connectivity index (χ0v) is 15.8. The van der Waals surface area contributed by atoms with Crippen molar-refractivity contribution in [2.24, 2.45) is 0 Å². The summed E-state index contributed by atoms with van der Waals surface area (Å²) in [5.41, 5.74) is 2.36. The topological polar surface area (TPSA) is 81.8 Å². The molecule has 28 heavy (non-hydrogen) atoms. The number of fused-ring (bicyclic) bond motifs is 2. The summed E-state index contributed by atoms with van der Waals surface area (Å²) in [7, 11) is 0. The van der Waals surface area contributed by atoms with Crippen LogP contribution in [0.3, 0.4) is 0 Å². The number of benzene rings is 2. The average molecular weight is 375 g/mol. The summed E-state index contributed by atoms with van der Waals surface area (Å²) in [6.07, 6.45) is 0.160. The van der Waals surface area contributed by atoms with E-state index in [0.717, 1.165) is 11.0 Å². The number of rotatable bonds is 5. The first-order chi connectivity index (χ1) is 13.6.